The summed E-state index contributed by atoms with van der Waals surface area (Å²) in [6, 6.07) is 9.96. The first-order chi connectivity index (χ1) is 19.9. The lowest BCUT2D eigenvalue weighted by atomic mass is 9.85. The lowest BCUT2D eigenvalue weighted by molar-refractivity contribution is -0.130. The van der Waals surface area contributed by atoms with Gasteiger partial charge in [-0.15, -0.1) is 0 Å². The molecule has 0 bridgehead atoms. The van der Waals surface area contributed by atoms with Crippen LogP contribution in [-0.2, 0) is 17.6 Å². The van der Waals surface area contributed by atoms with Crippen molar-refractivity contribution in [1.82, 2.24) is 19.8 Å². The van der Waals surface area contributed by atoms with E-state index in [1.807, 2.05) is 18.2 Å². The molecule has 4 heterocycles. The first-order valence-corrected chi connectivity index (χ1v) is 14.8. The van der Waals surface area contributed by atoms with Gasteiger partial charge in [-0.05, 0) is 87.4 Å². The van der Waals surface area contributed by atoms with Crippen LogP contribution in [0.4, 0.5) is 14.6 Å². The van der Waals surface area contributed by atoms with Crippen LogP contribution in [0.1, 0.15) is 43.2 Å². The minimum atomic E-state index is -0.943. The molecule has 4 aliphatic rings. The molecule has 214 valence electrons. The van der Waals surface area contributed by atoms with Gasteiger partial charge in [-0.2, -0.15) is 9.97 Å². The molecule has 1 unspecified atom stereocenters. The van der Waals surface area contributed by atoms with Crippen molar-refractivity contribution in [2.45, 2.75) is 63.1 Å². The van der Waals surface area contributed by atoms with Gasteiger partial charge in [-0.25, -0.2) is 8.78 Å². The largest absolute Gasteiger partial charge is 0.462 e. The van der Waals surface area contributed by atoms with Gasteiger partial charge in [0.2, 0.25) is 0 Å². The van der Waals surface area contributed by atoms with Crippen molar-refractivity contribution >= 4 is 22.6 Å². The van der Waals surface area contributed by atoms with Gasteiger partial charge in [0.25, 0.3) is 5.91 Å². The topological polar surface area (TPSA) is 61.8 Å². The monoisotopic (exact) mass is 559 g/mol. The Balaban J connectivity index is 1.28. The second-order valence-corrected chi connectivity index (χ2v) is 11.9. The second-order valence-electron chi connectivity index (χ2n) is 11.9. The van der Waals surface area contributed by atoms with Crippen molar-refractivity contribution < 1.29 is 18.3 Å². The number of benzene rings is 2. The van der Waals surface area contributed by atoms with Crippen LogP contribution in [0, 0.1) is 5.82 Å². The zero-order valence-corrected chi connectivity index (χ0v) is 23.4. The molecule has 2 aromatic carbocycles. The molecule has 41 heavy (non-hydrogen) atoms. The summed E-state index contributed by atoms with van der Waals surface area (Å²) in [5.74, 6) is -1.31. The first kappa shape index (κ1) is 26.3. The zero-order valence-electron chi connectivity index (χ0n) is 23.4. The van der Waals surface area contributed by atoms with Gasteiger partial charge < -0.3 is 19.4 Å². The third kappa shape index (κ3) is 4.54. The van der Waals surface area contributed by atoms with Crippen molar-refractivity contribution in [1.29, 1.82) is 0 Å². The fourth-order valence-corrected chi connectivity index (χ4v) is 7.27. The average molecular weight is 560 g/mol. The molecule has 1 amide bonds. The van der Waals surface area contributed by atoms with Gasteiger partial charge in [-0.3, -0.25) is 4.79 Å². The van der Waals surface area contributed by atoms with E-state index in [-0.39, 0.29) is 23.9 Å². The fraction of sp³-hybridized carbons (Fsp3) is 0.469. The number of aromatic nitrogens is 2. The van der Waals surface area contributed by atoms with E-state index in [0.717, 1.165) is 50.6 Å². The predicted octanol–water partition coefficient (Wildman–Crippen LogP) is 5.06. The molecule has 0 spiro atoms. The highest BCUT2D eigenvalue weighted by atomic mass is 19.1. The van der Waals surface area contributed by atoms with Crippen LogP contribution in [0.5, 0.6) is 6.01 Å². The van der Waals surface area contributed by atoms with Gasteiger partial charge in [-0.1, -0.05) is 24.8 Å². The summed E-state index contributed by atoms with van der Waals surface area (Å²) in [5, 5.41) is 0.611. The van der Waals surface area contributed by atoms with E-state index >= 15 is 4.39 Å². The van der Waals surface area contributed by atoms with E-state index in [1.165, 1.54) is 11.1 Å². The Kier molecular flexibility index (Phi) is 6.64. The summed E-state index contributed by atoms with van der Waals surface area (Å²) in [6.07, 6.45) is 7.09. The Hall–Kier alpha value is -3.59. The third-order valence-corrected chi connectivity index (χ3v) is 9.57. The number of ether oxygens (including phenoxy) is 1. The maximum atomic E-state index is 15.9. The fourth-order valence-electron chi connectivity index (χ4n) is 7.27. The number of halogens is 2. The Morgan fingerprint density at radius 2 is 1.93 bits per heavy atom. The van der Waals surface area contributed by atoms with Crippen LogP contribution in [-0.4, -0.2) is 77.1 Å². The van der Waals surface area contributed by atoms with E-state index in [1.54, 1.807) is 11.0 Å². The molecule has 0 radical (unpaired) electrons. The van der Waals surface area contributed by atoms with Crippen LogP contribution in [0.25, 0.3) is 22.0 Å². The van der Waals surface area contributed by atoms with Crippen LogP contribution < -0.4 is 9.64 Å². The number of hydrogen-bond donors (Lipinski definition) is 0. The highest BCUT2D eigenvalue weighted by Gasteiger charge is 2.50. The number of aryl methyl sites for hydroxylation is 1. The maximum Gasteiger partial charge on any atom is 0.319 e. The summed E-state index contributed by atoms with van der Waals surface area (Å²) >= 11 is 0. The molecule has 7 nitrogen and oxygen atoms in total. The van der Waals surface area contributed by atoms with E-state index in [2.05, 4.69) is 29.5 Å². The SMILES string of the molecule is C=C(F)C(=O)N1CCC2[C@H]1CN2c1nc(OC[C@@H]2CCCN2C)nc2cc(-c3cccc4c3CCCC4)c(F)cc12. The summed E-state index contributed by atoms with van der Waals surface area (Å²) in [6.45, 7) is 5.64. The number of rotatable bonds is 6. The number of anilines is 1. The smallest absolute Gasteiger partial charge is 0.319 e. The van der Waals surface area contributed by atoms with Crippen LogP contribution in [0.2, 0.25) is 0 Å². The number of nitrogens with zero attached hydrogens (tertiary/aromatic N) is 5. The Morgan fingerprint density at radius 3 is 2.73 bits per heavy atom. The quantitative estimate of drug-likeness (QED) is 0.394. The zero-order chi connectivity index (χ0) is 28.2. The molecule has 0 N–H and O–H groups in total. The number of likely N-dealkylation sites (tertiary alicyclic amines) is 2. The summed E-state index contributed by atoms with van der Waals surface area (Å²) < 4.78 is 35.8. The van der Waals surface area contributed by atoms with E-state index in [9.17, 15) is 9.18 Å². The minimum absolute atomic E-state index is 0.0332. The van der Waals surface area contributed by atoms with Crippen molar-refractivity contribution in [2.75, 3.05) is 38.2 Å². The maximum absolute atomic E-state index is 15.9. The van der Waals surface area contributed by atoms with Gasteiger partial charge in [0.1, 0.15) is 18.2 Å². The van der Waals surface area contributed by atoms with Gasteiger partial charge in [0.15, 0.2) is 5.83 Å². The second kappa shape index (κ2) is 10.4. The minimum Gasteiger partial charge on any atom is -0.462 e. The molecule has 3 aliphatic heterocycles. The highest BCUT2D eigenvalue weighted by Crippen LogP contribution is 2.42. The Bertz CT molecular complexity index is 1540. The molecule has 3 saturated heterocycles. The summed E-state index contributed by atoms with van der Waals surface area (Å²) in [4.78, 5) is 27.8. The number of hydrogen-bond acceptors (Lipinski definition) is 6. The van der Waals surface area contributed by atoms with Gasteiger partial charge in [0, 0.05) is 30.1 Å². The van der Waals surface area contributed by atoms with Crippen molar-refractivity contribution in [2.24, 2.45) is 0 Å². The lowest BCUT2D eigenvalue weighted by Gasteiger charge is -2.47. The molecule has 9 heteroatoms. The standard InChI is InChI=1S/C32H35F2N5O2/c1-19(33)31(40)38-14-12-28-29(38)17-39(28)30-25-15-26(34)24(23-11-5-8-20-7-3-4-10-22(20)23)16-27(25)35-32(36-30)41-18-21-9-6-13-37(21)2/h5,8,11,15-16,21,28-29H,1,3-4,6-7,9-10,12-14,17-18H2,2H3/t21-,28?,29+/m0/s1. The summed E-state index contributed by atoms with van der Waals surface area (Å²) in [7, 11) is 2.10. The molecular formula is C32H35F2N5O2. The number of amides is 1. The molecule has 7 rings (SSSR count). The van der Waals surface area contributed by atoms with Crippen LogP contribution >= 0.6 is 0 Å². The van der Waals surface area contributed by atoms with E-state index in [0.29, 0.717) is 54.4 Å². The molecule has 1 aromatic heterocycles. The molecule has 0 saturated carbocycles. The van der Waals surface area contributed by atoms with E-state index < -0.39 is 11.7 Å². The number of fused-ring (bicyclic) bond motifs is 3. The van der Waals surface area contributed by atoms with Crippen molar-refractivity contribution in [3.05, 3.63) is 59.7 Å². The number of likely N-dealkylation sites (N-methyl/N-ethyl adjacent to an activating group) is 1. The number of carbonyl (C=O) groups excluding carboxylic acids is 1. The molecular weight excluding hydrogens is 524 g/mol. The van der Waals surface area contributed by atoms with Crippen molar-refractivity contribution in [3.8, 4) is 17.1 Å². The van der Waals surface area contributed by atoms with Crippen molar-refractivity contribution in [3.63, 3.8) is 0 Å². The van der Waals surface area contributed by atoms with Crippen LogP contribution in [0.3, 0.4) is 0 Å². The van der Waals surface area contributed by atoms with E-state index in [4.69, 9.17) is 14.7 Å². The Morgan fingerprint density at radius 1 is 1.07 bits per heavy atom. The van der Waals surface area contributed by atoms with Crippen LogP contribution in [0.15, 0.2) is 42.7 Å². The third-order valence-electron chi connectivity index (χ3n) is 9.57. The lowest BCUT2D eigenvalue weighted by Crippen LogP contribution is -2.63. The number of carbonyl (C=O) groups is 1. The van der Waals surface area contributed by atoms with Gasteiger partial charge >= 0.3 is 6.01 Å². The normalized spacial score (nSPS) is 23.8. The highest BCUT2D eigenvalue weighted by molar-refractivity contribution is 5.95. The van der Waals surface area contributed by atoms with Gasteiger partial charge in [0.05, 0.1) is 17.6 Å². The predicted molar refractivity (Wildman–Crippen MR) is 154 cm³/mol. The first-order valence-electron chi connectivity index (χ1n) is 14.8. The molecule has 3 atom stereocenters. The summed E-state index contributed by atoms with van der Waals surface area (Å²) in [5.41, 5.74) is 4.62. The molecule has 3 fully saturated rings. The average Bonchev–Trinajstić information content (AvgIpc) is 3.52. The Labute approximate surface area is 238 Å². The molecule has 3 aromatic rings. The molecule has 1 aliphatic carbocycles.